The number of hydrogen-bond donors (Lipinski definition) is 0. The number of nitrogens with zero attached hydrogens (tertiary/aromatic N) is 3. The van der Waals surface area contributed by atoms with Crippen molar-refractivity contribution in [3.8, 4) is 10.4 Å². The van der Waals surface area contributed by atoms with Crippen LogP contribution in [0.4, 0.5) is 0 Å². The van der Waals surface area contributed by atoms with E-state index in [-0.39, 0.29) is 11.6 Å². The second-order valence-corrected chi connectivity index (χ2v) is 9.64. The molecule has 3 aromatic rings. The van der Waals surface area contributed by atoms with Crippen molar-refractivity contribution in [2.75, 3.05) is 38.6 Å². The normalized spacial score (nSPS) is 15.8. The molecule has 0 N–H and O–H groups in total. The predicted octanol–water partition coefficient (Wildman–Crippen LogP) is 4.19. The average molecular weight is 422 g/mol. The molecule has 3 aromatic heterocycles. The summed E-state index contributed by atoms with van der Waals surface area (Å²) in [5, 5.41) is 5.70. The van der Waals surface area contributed by atoms with Crippen LogP contribution in [0.2, 0.25) is 0 Å². The van der Waals surface area contributed by atoms with E-state index in [1.165, 1.54) is 0 Å². The van der Waals surface area contributed by atoms with Crippen LogP contribution in [0.15, 0.2) is 32.8 Å². The van der Waals surface area contributed by atoms with E-state index in [0.717, 1.165) is 64.4 Å². The molecule has 0 aromatic carbocycles. The van der Waals surface area contributed by atoms with Gasteiger partial charge in [0.05, 0.1) is 18.6 Å². The third-order valence-electron chi connectivity index (χ3n) is 4.65. The van der Waals surface area contributed by atoms with Gasteiger partial charge in [-0.2, -0.15) is 0 Å². The fourth-order valence-corrected chi connectivity index (χ4v) is 6.18. The molecule has 5 nitrogen and oxygen atoms in total. The molecule has 8 heteroatoms. The average Bonchev–Trinajstić information content (AvgIpc) is 3.31. The van der Waals surface area contributed by atoms with Crippen molar-refractivity contribution >= 4 is 44.7 Å². The summed E-state index contributed by atoms with van der Waals surface area (Å²) in [4.78, 5) is 22.6. The summed E-state index contributed by atoms with van der Waals surface area (Å²) in [6, 6.07) is 4.17. The summed E-state index contributed by atoms with van der Waals surface area (Å²) >= 11 is 4.91. The summed E-state index contributed by atoms with van der Waals surface area (Å²) in [5.41, 5.74) is 1.09. The summed E-state index contributed by atoms with van der Waals surface area (Å²) < 4.78 is 7.26. The van der Waals surface area contributed by atoms with Crippen LogP contribution in [0.1, 0.15) is 19.9 Å². The zero-order valence-electron chi connectivity index (χ0n) is 15.5. The molecular weight excluding hydrogens is 398 g/mol. The number of thioether (sulfide) groups is 1. The molecule has 1 aliphatic rings. The SMILES string of the molecule is CC(C)n1c(SCCN2CCOCC2)nc2scc(-c3cccs3)c2c1=O. The second-order valence-electron chi connectivity index (χ2n) is 6.77. The lowest BCUT2D eigenvalue weighted by atomic mass is 10.2. The van der Waals surface area contributed by atoms with Crippen LogP contribution in [0.3, 0.4) is 0 Å². The number of thiophene rings is 2. The van der Waals surface area contributed by atoms with Gasteiger partial charge in [-0.05, 0) is 25.3 Å². The molecule has 27 heavy (non-hydrogen) atoms. The Kier molecular flexibility index (Phi) is 5.99. The lowest BCUT2D eigenvalue weighted by Crippen LogP contribution is -2.37. The maximum atomic E-state index is 13.3. The van der Waals surface area contributed by atoms with Gasteiger partial charge in [-0.15, -0.1) is 22.7 Å². The molecule has 4 rings (SSSR count). The third kappa shape index (κ3) is 4.00. The Hall–Kier alpha value is -1.19. The van der Waals surface area contributed by atoms with Crippen molar-refractivity contribution in [3.63, 3.8) is 0 Å². The fourth-order valence-electron chi connectivity index (χ4n) is 3.25. The number of fused-ring (bicyclic) bond motifs is 1. The molecule has 0 saturated carbocycles. The molecule has 144 valence electrons. The summed E-state index contributed by atoms with van der Waals surface area (Å²) in [6.45, 7) is 8.69. The molecular formula is C19H23N3O2S3. The number of ether oxygens (including phenoxy) is 1. The van der Waals surface area contributed by atoms with E-state index in [0.29, 0.717) is 0 Å². The Morgan fingerprint density at radius 3 is 2.81 bits per heavy atom. The molecule has 1 fully saturated rings. The molecule has 4 heterocycles. The maximum Gasteiger partial charge on any atom is 0.263 e. The first-order valence-electron chi connectivity index (χ1n) is 9.15. The molecule has 0 atom stereocenters. The zero-order valence-corrected chi connectivity index (χ0v) is 18.0. The Labute approximate surface area is 171 Å². The van der Waals surface area contributed by atoms with Crippen molar-refractivity contribution in [1.29, 1.82) is 0 Å². The highest BCUT2D eigenvalue weighted by molar-refractivity contribution is 7.99. The molecule has 0 radical (unpaired) electrons. The Bertz CT molecular complexity index is 957. The zero-order chi connectivity index (χ0) is 18.8. The van der Waals surface area contributed by atoms with Gasteiger partial charge in [0.2, 0.25) is 0 Å². The Morgan fingerprint density at radius 2 is 2.11 bits per heavy atom. The Balaban J connectivity index is 1.64. The topological polar surface area (TPSA) is 47.4 Å². The summed E-state index contributed by atoms with van der Waals surface area (Å²) in [6.07, 6.45) is 0. The van der Waals surface area contributed by atoms with E-state index >= 15 is 0 Å². The third-order valence-corrected chi connectivity index (χ3v) is 7.36. The van der Waals surface area contributed by atoms with Crippen molar-refractivity contribution in [2.45, 2.75) is 25.0 Å². The van der Waals surface area contributed by atoms with E-state index in [1.807, 2.05) is 16.0 Å². The van der Waals surface area contributed by atoms with E-state index in [1.54, 1.807) is 34.4 Å². The molecule has 1 aliphatic heterocycles. The molecule has 0 spiro atoms. The van der Waals surface area contributed by atoms with Crippen molar-refractivity contribution in [1.82, 2.24) is 14.5 Å². The van der Waals surface area contributed by atoms with Crippen LogP contribution in [0.25, 0.3) is 20.7 Å². The van der Waals surface area contributed by atoms with Crippen LogP contribution in [0.5, 0.6) is 0 Å². The minimum atomic E-state index is 0.0773. The first kappa shape index (κ1) is 19.1. The lowest BCUT2D eigenvalue weighted by Gasteiger charge is -2.26. The number of rotatable bonds is 6. The first-order chi connectivity index (χ1) is 13.1. The van der Waals surface area contributed by atoms with Gasteiger partial charge in [0.15, 0.2) is 5.16 Å². The van der Waals surface area contributed by atoms with Crippen molar-refractivity contribution in [2.24, 2.45) is 0 Å². The summed E-state index contributed by atoms with van der Waals surface area (Å²) in [7, 11) is 0. The van der Waals surface area contributed by atoms with E-state index in [9.17, 15) is 4.79 Å². The smallest absolute Gasteiger partial charge is 0.263 e. The van der Waals surface area contributed by atoms with Gasteiger partial charge in [0, 0.05) is 47.2 Å². The van der Waals surface area contributed by atoms with Crippen LogP contribution in [-0.4, -0.2) is 53.1 Å². The standard InChI is InChI=1S/C19H23N3O2S3/c1-13(2)22-18(23)16-14(15-4-3-10-25-15)12-27-17(16)20-19(22)26-11-7-21-5-8-24-9-6-21/h3-4,10,12-13H,5-9,11H2,1-2H3. The van der Waals surface area contributed by atoms with Crippen LogP contribution in [-0.2, 0) is 4.74 Å². The molecule has 0 unspecified atom stereocenters. The van der Waals surface area contributed by atoms with Crippen LogP contribution >= 0.6 is 34.4 Å². The first-order valence-corrected chi connectivity index (χ1v) is 11.9. The largest absolute Gasteiger partial charge is 0.379 e. The number of aromatic nitrogens is 2. The Morgan fingerprint density at radius 1 is 1.30 bits per heavy atom. The van der Waals surface area contributed by atoms with Crippen LogP contribution < -0.4 is 5.56 Å². The fraction of sp³-hybridized carbons (Fsp3) is 0.474. The molecule has 0 amide bonds. The van der Waals surface area contributed by atoms with Gasteiger partial charge in [-0.25, -0.2) is 4.98 Å². The van der Waals surface area contributed by atoms with Gasteiger partial charge in [-0.3, -0.25) is 14.3 Å². The number of morpholine rings is 1. The molecule has 0 aliphatic carbocycles. The quantitative estimate of drug-likeness (QED) is 0.441. The number of hydrogen-bond acceptors (Lipinski definition) is 7. The minimum absolute atomic E-state index is 0.0773. The monoisotopic (exact) mass is 421 g/mol. The van der Waals surface area contributed by atoms with Gasteiger partial charge in [-0.1, -0.05) is 17.8 Å². The van der Waals surface area contributed by atoms with Crippen molar-refractivity contribution < 1.29 is 4.74 Å². The van der Waals surface area contributed by atoms with Crippen molar-refractivity contribution in [3.05, 3.63) is 33.2 Å². The molecule has 0 bridgehead atoms. The minimum Gasteiger partial charge on any atom is -0.379 e. The van der Waals surface area contributed by atoms with Crippen LogP contribution in [0, 0.1) is 0 Å². The molecule has 1 saturated heterocycles. The summed E-state index contributed by atoms with van der Waals surface area (Å²) in [5.74, 6) is 0.924. The van der Waals surface area contributed by atoms with Gasteiger partial charge >= 0.3 is 0 Å². The van der Waals surface area contributed by atoms with E-state index in [4.69, 9.17) is 9.72 Å². The van der Waals surface area contributed by atoms with Gasteiger partial charge in [0.1, 0.15) is 4.83 Å². The predicted molar refractivity (Wildman–Crippen MR) is 116 cm³/mol. The highest BCUT2D eigenvalue weighted by Gasteiger charge is 2.19. The van der Waals surface area contributed by atoms with E-state index in [2.05, 4.69) is 30.2 Å². The highest BCUT2D eigenvalue weighted by atomic mass is 32.2. The van der Waals surface area contributed by atoms with E-state index < -0.39 is 0 Å². The maximum absolute atomic E-state index is 13.3. The lowest BCUT2D eigenvalue weighted by molar-refractivity contribution is 0.0410. The second kappa shape index (κ2) is 8.45. The van der Waals surface area contributed by atoms with Gasteiger partial charge in [0.25, 0.3) is 5.56 Å². The highest BCUT2D eigenvalue weighted by Crippen LogP contribution is 2.35. The van der Waals surface area contributed by atoms with Gasteiger partial charge < -0.3 is 4.74 Å².